The molecule has 2 aromatic rings. The van der Waals surface area contributed by atoms with Gasteiger partial charge in [0.2, 0.25) is 5.91 Å². The molecule has 3 rings (SSSR count). The molecule has 0 N–H and O–H groups in total. The summed E-state index contributed by atoms with van der Waals surface area (Å²) in [6.45, 7) is 7.59. The van der Waals surface area contributed by atoms with Crippen LogP contribution in [0.3, 0.4) is 0 Å². The topological polar surface area (TPSA) is 36.4 Å². The van der Waals surface area contributed by atoms with E-state index >= 15 is 0 Å². The largest absolute Gasteiger partial charge is 0.302 e. The fourth-order valence-corrected chi connectivity index (χ4v) is 4.68. The molecule has 0 aliphatic heterocycles. The minimum absolute atomic E-state index is 0. The van der Waals surface area contributed by atoms with E-state index in [2.05, 4.69) is 23.7 Å². The Morgan fingerprint density at radius 3 is 2.52 bits per heavy atom. The number of hydrogen-bond donors (Lipinski definition) is 0. The second-order valence-electron chi connectivity index (χ2n) is 6.93. The highest BCUT2D eigenvalue weighted by Gasteiger charge is 2.29. The summed E-state index contributed by atoms with van der Waals surface area (Å²) in [7, 11) is 0. The number of anilines is 1. The number of carbonyl (C=O) groups is 1. The maximum atomic E-state index is 14.1. The predicted molar refractivity (Wildman–Crippen MR) is 114 cm³/mol. The third-order valence-electron chi connectivity index (χ3n) is 5.34. The number of likely N-dealkylation sites (N-methyl/N-ethyl adjacent to an activating group) is 1. The van der Waals surface area contributed by atoms with Gasteiger partial charge in [0.15, 0.2) is 5.13 Å². The van der Waals surface area contributed by atoms with Crippen LogP contribution in [-0.4, -0.2) is 42.0 Å². The van der Waals surface area contributed by atoms with Gasteiger partial charge in [-0.3, -0.25) is 9.69 Å². The van der Waals surface area contributed by atoms with Gasteiger partial charge in [0.25, 0.3) is 0 Å². The fraction of sp³-hybridized carbons (Fsp3) is 0.600. The van der Waals surface area contributed by atoms with Crippen molar-refractivity contribution in [3.05, 3.63) is 24.0 Å². The summed E-state index contributed by atoms with van der Waals surface area (Å²) >= 11 is 1.41. The number of carbonyl (C=O) groups excluding carboxylic acids is 1. The van der Waals surface area contributed by atoms with E-state index in [1.54, 1.807) is 6.07 Å². The highest BCUT2D eigenvalue weighted by Crippen LogP contribution is 2.33. The molecule has 1 aromatic heterocycles. The molecule has 0 bridgehead atoms. The third kappa shape index (κ3) is 5.18. The molecule has 1 aliphatic rings. The number of thiazole rings is 1. The molecule has 0 radical (unpaired) electrons. The van der Waals surface area contributed by atoms with E-state index in [9.17, 15) is 9.18 Å². The number of para-hydroxylation sites is 1. The summed E-state index contributed by atoms with van der Waals surface area (Å²) in [4.78, 5) is 21.8. The second-order valence-corrected chi connectivity index (χ2v) is 7.94. The molecule has 0 saturated heterocycles. The molecule has 150 valence electrons. The zero-order valence-electron chi connectivity index (χ0n) is 16.1. The zero-order valence-corrected chi connectivity index (χ0v) is 17.8. The summed E-state index contributed by atoms with van der Waals surface area (Å²) in [6, 6.07) is 4.99. The van der Waals surface area contributed by atoms with E-state index in [4.69, 9.17) is 0 Å². The molecule has 1 aliphatic carbocycles. The van der Waals surface area contributed by atoms with Gasteiger partial charge in [0.05, 0.1) is 4.70 Å². The van der Waals surface area contributed by atoms with Crippen molar-refractivity contribution in [3.8, 4) is 0 Å². The number of nitrogens with zero attached hydrogens (tertiary/aromatic N) is 3. The van der Waals surface area contributed by atoms with Crippen molar-refractivity contribution < 1.29 is 9.18 Å². The SMILES string of the molecule is CCN(CC)CCN(C(=O)C1CCCCC1)c1nc2c(F)cccc2s1.Cl. The molecule has 27 heavy (non-hydrogen) atoms. The number of fused-ring (bicyclic) bond motifs is 1. The summed E-state index contributed by atoms with van der Waals surface area (Å²) in [5.41, 5.74) is 0.372. The van der Waals surface area contributed by atoms with Crippen LogP contribution < -0.4 is 4.90 Å². The van der Waals surface area contributed by atoms with E-state index in [0.717, 1.165) is 50.0 Å². The van der Waals surface area contributed by atoms with Crippen molar-refractivity contribution in [3.63, 3.8) is 0 Å². The first-order chi connectivity index (χ1) is 12.6. The first kappa shape index (κ1) is 22.1. The minimum atomic E-state index is -0.321. The molecular weight excluding hydrogens is 385 g/mol. The highest BCUT2D eigenvalue weighted by molar-refractivity contribution is 7.22. The zero-order chi connectivity index (χ0) is 18.5. The van der Waals surface area contributed by atoms with Crippen LogP contribution in [0.1, 0.15) is 46.0 Å². The van der Waals surface area contributed by atoms with E-state index in [0.29, 0.717) is 17.2 Å². The van der Waals surface area contributed by atoms with Gasteiger partial charge in [-0.25, -0.2) is 9.37 Å². The number of hydrogen-bond acceptors (Lipinski definition) is 4. The van der Waals surface area contributed by atoms with E-state index in [-0.39, 0.29) is 30.0 Å². The summed E-state index contributed by atoms with van der Waals surface area (Å²) < 4.78 is 14.9. The lowest BCUT2D eigenvalue weighted by Gasteiger charge is -2.29. The quantitative estimate of drug-likeness (QED) is 0.632. The average molecular weight is 414 g/mol. The first-order valence-corrected chi connectivity index (χ1v) is 10.5. The van der Waals surface area contributed by atoms with Crippen molar-refractivity contribution in [1.29, 1.82) is 0 Å². The Kier molecular flexibility index (Phi) is 8.45. The molecule has 0 atom stereocenters. The van der Waals surface area contributed by atoms with Gasteiger partial charge >= 0.3 is 0 Å². The maximum absolute atomic E-state index is 14.1. The molecule has 7 heteroatoms. The van der Waals surface area contributed by atoms with Crippen LogP contribution in [0.15, 0.2) is 18.2 Å². The standard InChI is InChI=1S/C20H28FN3OS.ClH/c1-3-23(4-2)13-14-24(19(25)15-9-6-5-7-10-15)20-22-18-16(21)11-8-12-17(18)26-20;/h8,11-12,15H,3-7,9-10,13-14H2,1-2H3;1H. The molecule has 1 amide bonds. The Morgan fingerprint density at radius 2 is 1.89 bits per heavy atom. The predicted octanol–water partition coefficient (Wildman–Crippen LogP) is 5.11. The van der Waals surface area contributed by atoms with E-state index in [1.165, 1.54) is 23.8 Å². The van der Waals surface area contributed by atoms with Crippen LogP contribution >= 0.6 is 23.7 Å². The smallest absolute Gasteiger partial charge is 0.231 e. The van der Waals surface area contributed by atoms with E-state index in [1.807, 2.05) is 11.0 Å². The van der Waals surface area contributed by atoms with Gasteiger partial charge < -0.3 is 4.90 Å². The monoisotopic (exact) mass is 413 g/mol. The molecule has 1 aromatic carbocycles. The summed E-state index contributed by atoms with van der Waals surface area (Å²) in [6.07, 6.45) is 5.37. The molecular formula is C20H29ClFN3OS. The van der Waals surface area contributed by atoms with Gasteiger partial charge in [0.1, 0.15) is 11.3 Å². The molecule has 0 unspecified atom stereocenters. The molecule has 1 fully saturated rings. The molecule has 1 heterocycles. The summed E-state index contributed by atoms with van der Waals surface area (Å²) in [5, 5.41) is 0.632. The first-order valence-electron chi connectivity index (χ1n) is 9.72. The lowest BCUT2D eigenvalue weighted by atomic mass is 9.88. The van der Waals surface area contributed by atoms with Crippen LogP contribution in [0, 0.1) is 11.7 Å². The lowest BCUT2D eigenvalue weighted by Crippen LogP contribution is -2.42. The Morgan fingerprint density at radius 1 is 1.19 bits per heavy atom. The number of halogens is 2. The van der Waals surface area contributed by atoms with Crippen LogP contribution in [-0.2, 0) is 4.79 Å². The van der Waals surface area contributed by atoms with Gasteiger partial charge in [-0.2, -0.15) is 0 Å². The van der Waals surface area contributed by atoms with Crippen molar-refractivity contribution in [1.82, 2.24) is 9.88 Å². The van der Waals surface area contributed by atoms with Crippen molar-refractivity contribution in [2.45, 2.75) is 46.0 Å². The lowest BCUT2D eigenvalue weighted by molar-refractivity contribution is -0.123. The van der Waals surface area contributed by atoms with Gasteiger partial charge in [-0.1, -0.05) is 50.5 Å². The molecule has 4 nitrogen and oxygen atoms in total. The number of aromatic nitrogens is 1. The van der Waals surface area contributed by atoms with Crippen molar-refractivity contribution in [2.24, 2.45) is 5.92 Å². The van der Waals surface area contributed by atoms with Crippen LogP contribution in [0.5, 0.6) is 0 Å². The normalized spacial score (nSPS) is 15.1. The Hall–Kier alpha value is -1.24. The van der Waals surface area contributed by atoms with Gasteiger partial charge in [-0.15, -0.1) is 12.4 Å². The Labute approximate surface area is 171 Å². The fourth-order valence-electron chi connectivity index (χ4n) is 3.67. The number of benzene rings is 1. The highest BCUT2D eigenvalue weighted by atomic mass is 35.5. The van der Waals surface area contributed by atoms with Gasteiger partial charge in [0, 0.05) is 19.0 Å². The van der Waals surface area contributed by atoms with E-state index < -0.39 is 0 Å². The van der Waals surface area contributed by atoms with Crippen LogP contribution in [0.4, 0.5) is 9.52 Å². The van der Waals surface area contributed by atoms with Crippen molar-refractivity contribution >= 4 is 45.0 Å². The second kappa shape index (κ2) is 10.3. The molecule has 1 saturated carbocycles. The number of amides is 1. The summed E-state index contributed by atoms with van der Waals surface area (Å²) in [5.74, 6) is -0.0764. The van der Waals surface area contributed by atoms with Crippen molar-refractivity contribution in [2.75, 3.05) is 31.1 Å². The van der Waals surface area contributed by atoms with Crippen LogP contribution in [0.2, 0.25) is 0 Å². The Bertz CT molecular complexity index is 744. The maximum Gasteiger partial charge on any atom is 0.231 e. The molecule has 0 spiro atoms. The van der Waals surface area contributed by atoms with Crippen LogP contribution in [0.25, 0.3) is 10.2 Å². The third-order valence-corrected chi connectivity index (χ3v) is 6.39. The number of rotatable bonds is 7. The Balaban J connectivity index is 0.00000261. The minimum Gasteiger partial charge on any atom is -0.302 e. The van der Waals surface area contributed by atoms with Gasteiger partial charge in [-0.05, 0) is 38.1 Å². The average Bonchev–Trinajstić information content (AvgIpc) is 3.11.